The lowest BCUT2D eigenvalue weighted by molar-refractivity contribution is 0.148. The first-order valence-corrected chi connectivity index (χ1v) is 6.52. The molecule has 0 aromatic rings. The fourth-order valence-corrected chi connectivity index (χ4v) is 1.59. The molecule has 0 aliphatic carbocycles. The Bertz CT molecular complexity index is 235. The predicted octanol–water partition coefficient (Wildman–Crippen LogP) is 1.59. The summed E-state index contributed by atoms with van der Waals surface area (Å²) in [7, 11) is -3.93. The van der Waals surface area contributed by atoms with Gasteiger partial charge in [-0.2, -0.15) is 8.42 Å². The van der Waals surface area contributed by atoms with Crippen LogP contribution in [0, 0.1) is 0 Å². The minimum Gasteiger partial charge on any atom is -0.393 e. The molecular formula is C9H20O4S. The molecule has 4 nitrogen and oxygen atoms in total. The zero-order chi connectivity index (χ0) is 11.2. The molecule has 0 amide bonds. The Morgan fingerprint density at radius 2 is 1.79 bits per heavy atom. The number of unbranched alkanes of at least 4 members (excludes halogenated alkanes) is 1. The molecule has 0 bridgehead atoms. The molecule has 0 radical (unpaired) electrons. The van der Waals surface area contributed by atoms with Gasteiger partial charge in [-0.05, 0) is 26.2 Å². The first-order chi connectivity index (χ1) is 6.38. The maximum atomic E-state index is 10.6. The second-order valence-electron chi connectivity index (χ2n) is 3.70. The Balaban J connectivity index is 3.72. The smallest absolute Gasteiger partial charge is 0.267 e. The van der Waals surface area contributed by atoms with Gasteiger partial charge in [0.15, 0.2) is 0 Å². The Morgan fingerprint density at radius 3 is 2.21 bits per heavy atom. The van der Waals surface area contributed by atoms with Crippen LogP contribution in [-0.4, -0.2) is 29.4 Å². The summed E-state index contributed by atoms with van der Waals surface area (Å²) < 4.78 is 29.9. The second-order valence-corrected chi connectivity index (χ2v) is 5.53. The molecule has 14 heavy (non-hydrogen) atoms. The van der Waals surface area contributed by atoms with Crippen LogP contribution in [0.1, 0.15) is 46.0 Å². The third-order valence-corrected chi connectivity index (χ3v) is 3.56. The molecule has 0 aromatic heterocycles. The minimum absolute atomic E-state index is 0.309. The van der Waals surface area contributed by atoms with Gasteiger partial charge in [-0.1, -0.05) is 19.8 Å². The lowest BCUT2D eigenvalue weighted by Crippen LogP contribution is -2.19. The van der Waals surface area contributed by atoms with E-state index in [1.807, 2.05) is 6.92 Å². The predicted molar refractivity (Wildman–Crippen MR) is 55.8 cm³/mol. The number of hydrogen-bond donors (Lipinski definition) is 2. The monoisotopic (exact) mass is 224 g/mol. The fraction of sp³-hybridized carbons (Fsp3) is 1.00. The second kappa shape index (κ2) is 6.37. The third-order valence-electron chi connectivity index (χ3n) is 2.31. The summed E-state index contributed by atoms with van der Waals surface area (Å²) in [6.07, 6.45) is 2.96. The molecule has 0 rings (SSSR count). The van der Waals surface area contributed by atoms with Crippen LogP contribution in [0.2, 0.25) is 0 Å². The molecule has 0 fully saturated rings. The van der Waals surface area contributed by atoms with Gasteiger partial charge < -0.3 is 5.11 Å². The van der Waals surface area contributed by atoms with E-state index in [4.69, 9.17) is 4.55 Å². The van der Waals surface area contributed by atoms with Gasteiger partial charge >= 0.3 is 0 Å². The average molecular weight is 224 g/mol. The van der Waals surface area contributed by atoms with E-state index < -0.39 is 21.5 Å². The van der Waals surface area contributed by atoms with E-state index in [1.54, 1.807) is 0 Å². The van der Waals surface area contributed by atoms with Crippen molar-refractivity contribution in [2.45, 2.75) is 57.3 Å². The SMILES string of the molecule is CCCCC(O)CCC(C)S(=O)(=O)O. The van der Waals surface area contributed by atoms with Crippen molar-refractivity contribution in [2.75, 3.05) is 0 Å². The topological polar surface area (TPSA) is 74.6 Å². The Hall–Kier alpha value is -0.130. The summed E-state index contributed by atoms with van der Waals surface area (Å²) in [6, 6.07) is 0. The van der Waals surface area contributed by atoms with Crippen molar-refractivity contribution in [2.24, 2.45) is 0 Å². The Morgan fingerprint density at radius 1 is 1.21 bits per heavy atom. The van der Waals surface area contributed by atoms with Crippen LogP contribution in [0.25, 0.3) is 0 Å². The molecule has 0 aliphatic rings. The normalized spacial score (nSPS) is 16.6. The highest BCUT2D eigenvalue weighted by molar-refractivity contribution is 7.86. The van der Waals surface area contributed by atoms with Crippen molar-refractivity contribution in [3.05, 3.63) is 0 Å². The highest BCUT2D eigenvalue weighted by atomic mass is 32.2. The molecule has 0 saturated heterocycles. The van der Waals surface area contributed by atoms with Gasteiger partial charge in [0.05, 0.1) is 11.4 Å². The van der Waals surface area contributed by atoms with E-state index in [2.05, 4.69) is 0 Å². The van der Waals surface area contributed by atoms with E-state index in [0.29, 0.717) is 19.3 Å². The van der Waals surface area contributed by atoms with Crippen LogP contribution in [0.4, 0.5) is 0 Å². The van der Waals surface area contributed by atoms with Crippen LogP contribution in [0.5, 0.6) is 0 Å². The Kier molecular flexibility index (Phi) is 6.31. The van der Waals surface area contributed by atoms with Gasteiger partial charge in [-0.15, -0.1) is 0 Å². The molecule has 2 atom stereocenters. The van der Waals surface area contributed by atoms with Crippen molar-refractivity contribution < 1.29 is 18.1 Å². The maximum absolute atomic E-state index is 10.6. The van der Waals surface area contributed by atoms with Crippen molar-refractivity contribution >= 4 is 10.1 Å². The van der Waals surface area contributed by atoms with E-state index in [9.17, 15) is 13.5 Å². The lowest BCUT2D eigenvalue weighted by atomic mass is 10.1. The molecule has 2 unspecified atom stereocenters. The lowest BCUT2D eigenvalue weighted by Gasteiger charge is -2.12. The van der Waals surface area contributed by atoms with E-state index in [1.165, 1.54) is 6.92 Å². The van der Waals surface area contributed by atoms with E-state index in [0.717, 1.165) is 12.8 Å². The van der Waals surface area contributed by atoms with Crippen LogP contribution < -0.4 is 0 Å². The molecular weight excluding hydrogens is 204 g/mol. The summed E-state index contributed by atoms with van der Waals surface area (Å²) in [5.74, 6) is 0. The van der Waals surface area contributed by atoms with Crippen molar-refractivity contribution in [1.29, 1.82) is 0 Å². The summed E-state index contributed by atoms with van der Waals surface area (Å²) >= 11 is 0. The van der Waals surface area contributed by atoms with Gasteiger partial charge in [0.1, 0.15) is 0 Å². The van der Waals surface area contributed by atoms with Crippen LogP contribution >= 0.6 is 0 Å². The standard InChI is InChI=1S/C9H20O4S/c1-3-4-5-9(10)7-6-8(2)14(11,12)13/h8-10H,3-7H2,1-2H3,(H,11,12,13). The van der Waals surface area contributed by atoms with Crippen molar-refractivity contribution in [1.82, 2.24) is 0 Å². The van der Waals surface area contributed by atoms with Crippen molar-refractivity contribution in [3.8, 4) is 0 Å². The summed E-state index contributed by atoms with van der Waals surface area (Å²) in [5, 5.41) is 8.64. The molecule has 0 aromatic carbocycles. The number of aliphatic hydroxyl groups excluding tert-OH is 1. The molecule has 86 valence electrons. The largest absolute Gasteiger partial charge is 0.393 e. The summed E-state index contributed by atoms with van der Waals surface area (Å²) in [5.41, 5.74) is 0. The minimum atomic E-state index is -3.93. The quantitative estimate of drug-likeness (QED) is 0.644. The van der Waals surface area contributed by atoms with Crippen LogP contribution in [-0.2, 0) is 10.1 Å². The number of rotatable bonds is 7. The van der Waals surface area contributed by atoms with E-state index in [-0.39, 0.29) is 0 Å². The molecule has 0 spiro atoms. The summed E-state index contributed by atoms with van der Waals surface area (Å²) in [6.45, 7) is 3.48. The van der Waals surface area contributed by atoms with Crippen LogP contribution in [0.15, 0.2) is 0 Å². The first kappa shape index (κ1) is 13.9. The maximum Gasteiger partial charge on any atom is 0.267 e. The molecule has 0 aliphatic heterocycles. The van der Waals surface area contributed by atoms with Gasteiger partial charge in [-0.3, -0.25) is 4.55 Å². The first-order valence-electron chi connectivity index (χ1n) is 5.02. The molecule has 2 N–H and O–H groups in total. The average Bonchev–Trinajstić information content (AvgIpc) is 2.09. The number of aliphatic hydroxyl groups is 1. The number of hydrogen-bond acceptors (Lipinski definition) is 3. The zero-order valence-electron chi connectivity index (χ0n) is 8.81. The fourth-order valence-electron chi connectivity index (χ4n) is 1.16. The van der Waals surface area contributed by atoms with Crippen LogP contribution in [0.3, 0.4) is 0 Å². The summed E-state index contributed by atoms with van der Waals surface area (Å²) in [4.78, 5) is 0. The zero-order valence-corrected chi connectivity index (χ0v) is 9.63. The highest BCUT2D eigenvalue weighted by Gasteiger charge is 2.18. The third kappa shape index (κ3) is 6.34. The highest BCUT2D eigenvalue weighted by Crippen LogP contribution is 2.12. The van der Waals surface area contributed by atoms with Crippen molar-refractivity contribution in [3.63, 3.8) is 0 Å². The molecule has 0 saturated carbocycles. The van der Waals surface area contributed by atoms with Gasteiger partial charge in [0.2, 0.25) is 0 Å². The van der Waals surface area contributed by atoms with Gasteiger partial charge in [0, 0.05) is 0 Å². The van der Waals surface area contributed by atoms with E-state index >= 15 is 0 Å². The molecule has 5 heteroatoms. The Labute approximate surface area is 86.1 Å². The van der Waals surface area contributed by atoms with Gasteiger partial charge in [0.25, 0.3) is 10.1 Å². The van der Waals surface area contributed by atoms with Gasteiger partial charge in [-0.25, -0.2) is 0 Å². The molecule has 0 heterocycles.